The molecule has 0 bridgehead atoms. The summed E-state index contributed by atoms with van der Waals surface area (Å²) in [5, 5.41) is 4.23. The highest BCUT2D eigenvalue weighted by Crippen LogP contribution is 2.24. The zero-order valence-electron chi connectivity index (χ0n) is 10.8. The van der Waals surface area contributed by atoms with Crippen molar-refractivity contribution in [3.05, 3.63) is 44.8 Å². The van der Waals surface area contributed by atoms with Crippen LogP contribution in [0.15, 0.2) is 35.0 Å². The second-order valence-electron chi connectivity index (χ2n) is 4.67. The van der Waals surface area contributed by atoms with E-state index in [2.05, 4.69) is 54.4 Å². The molecule has 0 aliphatic rings. The standard InChI is InChI=1S/C14H19NOS2/c1-11(2)10-16-15-13(14-6-4-8-18-14)9-12-5-3-7-17-12/h3-8,11,13,15H,9-10H2,1-2H3. The van der Waals surface area contributed by atoms with Gasteiger partial charge in [-0.3, -0.25) is 0 Å². The van der Waals surface area contributed by atoms with Crippen molar-refractivity contribution >= 4 is 22.7 Å². The van der Waals surface area contributed by atoms with E-state index in [0.717, 1.165) is 13.0 Å². The van der Waals surface area contributed by atoms with E-state index >= 15 is 0 Å². The number of nitrogens with one attached hydrogen (secondary N) is 1. The lowest BCUT2D eigenvalue weighted by Gasteiger charge is -2.17. The average Bonchev–Trinajstić information content (AvgIpc) is 3.00. The van der Waals surface area contributed by atoms with Gasteiger partial charge in [0, 0.05) is 16.2 Å². The molecular formula is C14H19NOS2. The Bertz CT molecular complexity index is 423. The average molecular weight is 281 g/mol. The van der Waals surface area contributed by atoms with Crippen LogP contribution in [0.2, 0.25) is 0 Å². The smallest absolute Gasteiger partial charge is 0.0712 e. The molecule has 18 heavy (non-hydrogen) atoms. The number of hydroxylamine groups is 1. The predicted molar refractivity (Wildman–Crippen MR) is 79.0 cm³/mol. The first-order chi connectivity index (χ1) is 8.75. The van der Waals surface area contributed by atoms with Crippen molar-refractivity contribution in [1.29, 1.82) is 0 Å². The SMILES string of the molecule is CC(C)CONC(Cc1cccs1)c1cccs1. The Morgan fingerprint density at radius 2 is 1.94 bits per heavy atom. The summed E-state index contributed by atoms with van der Waals surface area (Å²) in [6.07, 6.45) is 0.982. The molecule has 0 spiro atoms. The molecule has 2 nitrogen and oxygen atoms in total. The Hall–Kier alpha value is -0.680. The zero-order valence-corrected chi connectivity index (χ0v) is 12.4. The van der Waals surface area contributed by atoms with Crippen molar-refractivity contribution in [2.45, 2.75) is 26.3 Å². The number of hydrogen-bond acceptors (Lipinski definition) is 4. The first-order valence-electron chi connectivity index (χ1n) is 6.19. The molecule has 0 amide bonds. The van der Waals surface area contributed by atoms with Crippen LogP contribution < -0.4 is 5.48 Å². The van der Waals surface area contributed by atoms with Gasteiger partial charge < -0.3 is 4.84 Å². The van der Waals surface area contributed by atoms with Gasteiger partial charge in [0.1, 0.15) is 0 Å². The fourth-order valence-corrected chi connectivity index (χ4v) is 3.15. The lowest BCUT2D eigenvalue weighted by molar-refractivity contribution is 0.00114. The van der Waals surface area contributed by atoms with Gasteiger partial charge in [0.25, 0.3) is 0 Å². The van der Waals surface area contributed by atoms with E-state index in [1.165, 1.54) is 9.75 Å². The van der Waals surface area contributed by atoms with Crippen molar-refractivity contribution < 1.29 is 4.84 Å². The maximum absolute atomic E-state index is 5.59. The molecule has 0 fully saturated rings. The van der Waals surface area contributed by atoms with Crippen LogP contribution in [-0.4, -0.2) is 6.61 Å². The summed E-state index contributed by atoms with van der Waals surface area (Å²) < 4.78 is 0. The Labute approximate surface area is 117 Å². The van der Waals surface area contributed by atoms with Crippen molar-refractivity contribution in [2.24, 2.45) is 5.92 Å². The maximum Gasteiger partial charge on any atom is 0.0712 e. The molecule has 0 saturated heterocycles. The largest absolute Gasteiger partial charge is 0.301 e. The highest BCUT2D eigenvalue weighted by molar-refractivity contribution is 7.10. The molecule has 2 aromatic heterocycles. The summed E-state index contributed by atoms with van der Waals surface area (Å²) >= 11 is 3.57. The summed E-state index contributed by atoms with van der Waals surface area (Å²) in [7, 11) is 0. The Morgan fingerprint density at radius 3 is 2.56 bits per heavy atom. The summed E-state index contributed by atoms with van der Waals surface area (Å²) in [5.41, 5.74) is 3.21. The van der Waals surface area contributed by atoms with Crippen LogP contribution >= 0.6 is 22.7 Å². The third kappa shape index (κ3) is 4.21. The molecule has 2 aromatic rings. The second-order valence-corrected chi connectivity index (χ2v) is 6.69. The molecule has 0 aliphatic heterocycles. The minimum atomic E-state index is 0.252. The summed E-state index contributed by atoms with van der Waals surface area (Å²) in [6, 6.07) is 8.78. The fourth-order valence-electron chi connectivity index (χ4n) is 1.64. The lowest BCUT2D eigenvalue weighted by Crippen LogP contribution is -2.24. The van der Waals surface area contributed by atoms with Crippen LogP contribution in [0.4, 0.5) is 0 Å². The molecule has 2 heterocycles. The van der Waals surface area contributed by atoms with Gasteiger partial charge in [-0.15, -0.1) is 22.7 Å². The molecule has 2 rings (SSSR count). The highest BCUT2D eigenvalue weighted by atomic mass is 32.1. The monoisotopic (exact) mass is 281 g/mol. The van der Waals surface area contributed by atoms with E-state index in [1.54, 1.807) is 22.7 Å². The quantitative estimate of drug-likeness (QED) is 0.765. The van der Waals surface area contributed by atoms with E-state index in [4.69, 9.17) is 4.84 Å². The van der Waals surface area contributed by atoms with Gasteiger partial charge in [-0.05, 0) is 28.8 Å². The van der Waals surface area contributed by atoms with Gasteiger partial charge in [0.2, 0.25) is 0 Å². The van der Waals surface area contributed by atoms with E-state index in [1.807, 2.05) is 0 Å². The summed E-state index contributed by atoms with van der Waals surface area (Å²) in [6.45, 7) is 5.05. The number of thiophene rings is 2. The molecule has 1 atom stereocenters. The molecule has 1 unspecified atom stereocenters. The lowest BCUT2D eigenvalue weighted by atomic mass is 10.1. The van der Waals surface area contributed by atoms with E-state index in [9.17, 15) is 0 Å². The van der Waals surface area contributed by atoms with Crippen LogP contribution in [0.25, 0.3) is 0 Å². The van der Waals surface area contributed by atoms with Gasteiger partial charge in [-0.1, -0.05) is 26.0 Å². The van der Waals surface area contributed by atoms with Crippen molar-refractivity contribution in [3.8, 4) is 0 Å². The van der Waals surface area contributed by atoms with Crippen LogP contribution in [-0.2, 0) is 11.3 Å². The van der Waals surface area contributed by atoms with Gasteiger partial charge in [0.05, 0.1) is 12.6 Å². The minimum absolute atomic E-state index is 0.252. The Balaban J connectivity index is 1.95. The van der Waals surface area contributed by atoms with Gasteiger partial charge in [0.15, 0.2) is 0 Å². The van der Waals surface area contributed by atoms with Crippen LogP contribution in [0, 0.1) is 5.92 Å². The Morgan fingerprint density at radius 1 is 1.17 bits per heavy atom. The van der Waals surface area contributed by atoms with Crippen molar-refractivity contribution in [3.63, 3.8) is 0 Å². The first kappa shape index (κ1) is 13.7. The molecule has 0 radical (unpaired) electrons. The topological polar surface area (TPSA) is 21.3 Å². The number of hydrogen-bond donors (Lipinski definition) is 1. The molecule has 0 aliphatic carbocycles. The molecule has 0 saturated carbocycles. The van der Waals surface area contributed by atoms with Gasteiger partial charge >= 0.3 is 0 Å². The van der Waals surface area contributed by atoms with E-state index < -0.39 is 0 Å². The van der Waals surface area contributed by atoms with Crippen molar-refractivity contribution in [1.82, 2.24) is 5.48 Å². The number of rotatable bonds is 7. The molecule has 0 aromatic carbocycles. The normalized spacial score (nSPS) is 13.1. The molecule has 98 valence electrons. The zero-order chi connectivity index (χ0) is 12.8. The summed E-state index contributed by atoms with van der Waals surface area (Å²) in [5.74, 6) is 0.545. The molecular weight excluding hydrogens is 262 g/mol. The second kappa shape index (κ2) is 7.04. The highest BCUT2D eigenvalue weighted by Gasteiger charge is 2.14. The third-order valence-corrected chi connectivity index (χ3v) is 4.40. The summed E-state index contributed by atoms with van der Waals surface area (Å²) in [4.78, 5) is 8.30. The van der Waals surface area contributed by atoms with E-state index in [0.29, 0.717) is 5.92 Å². The fraction of sp³-hybridized carbons (Fsp3) is 0.429. The third-order valence-electron chi connectivity index (χ3n) is 2.51. The van der Waals surface area contributed by atoms with Crippen LogP contribution in [0.5, 0.6) is 0 Å². The Kier molecular flexibility index (Phi) is 5.38. The van der Waals surface area contributed by atoms with Crippen molar-refractivity contribution in [2.75, 3.05) is 6.61 Å². The first-order valence-corrected chi connectivity index (χ1v) is 7.94. The van der Waals surface area contributed by atoms with E-state index in [-0.39, 0.29) is 6.04 Å². The predicted octanol–water partition coefficient (Wildman–Crippen LogP) is 4.27. The molecule has 1 N–H and O–H groups in total. The minimum Gasteiger partial charge on any atom is -0.301 e. The van der Waals surface area contributed by atoms with Gasteiger partial charge in [-0.25, -0.2) is 0 Å². The van der Waals surface area contributed by atoms with Crippen LogP contribution in [0.1, 0.15) is 29.6 Å². The van der Waals surface area contributed by atoms with Gasteiger partial charge in [-0.2, -0.15) is 5.48 Å². The molecule has 4 heteroatoms. The van der Waals surface area contributed by atoms with Crippen LogP contribution in [0.3, 0.4) is 0 Å². The maximum atomic E-state index is 5.59.